The lowest BCUT2D eigenvalue weighted by Crippen LogP contribution is -2.56. The van der Waals surface area contributed by atoms with Crippen LogP contribution in [0.15, 0.2) is 30.7 Å². The van der Waals surface area contributed by atoms with Crippen LogP contribution in [0.5, 0.6) is 0 Å². The number of pyridine rings is 1. The molecule has 4 heterocycles. The fraction of sp³-hybridized carbons (Fsp3) is 0.333. The lowest BCUT2D eigenvalue weighted by Gasteiger charge is -2.42. The van der Waals surface area contributed by atoms with Crippen molar-refractivity contribution in [3.8, 4) is 0 Å². The quantitative estimate of drug-likeness (QED) is 0.813. The van der Waals surface area contributed by atoms with Crippen LogP contribution in [-0.2, 0) is 0 Å². The molecule has 0 unspecified atom stereocenters. The van der Waals surface area contributed by atoms with E-state index in [1.54, 1.807) is 17.2 Å². The van der Waals surface area contributed by atoms with Gasteiger partial charge in [0.15, 0.2) is 11.6 Å². The number of halogens is 1. The summed E-state index contributed by atoms with van der Waals surface area (Å²) in [6.07, 6.45) is 5.48. The highest BCUT2D eigenvalue weighted by Crippen LogP contribution is 2.44. The molecule has 2 aromatic rings. The molecule has 8 heteroatoms. The van der Waals surface area contributed by atoms with Crippen LogP contribution in [0.4, 0.5) is 22.1 Å². The Kier molecular flexibility index (Phi) is 3.12. The molecular weight excluding hydrogens is 316 g/mol. The number of carbonyl (C=O) groups excluding carboxylic acids is 1. The largest absolute Gasteiger partial charge is 0.366 e. The first-order valence-corrected chi connectivity index (χ1v) is 7.73. The molecule has 0 spiro atoms. The van der Waals surface area contributed by atoms with Gasteiger partial charge in [0.25, 0.3) is 0 Å². The van der Waals surface area contributed by atoms with E-state index in [1.807, 2.05) is 6.07 Å². The van der Waals surface area contributed by atoms with Crippen molar-refractivity contribution in [2.75, 3.05) is 28.2 Å². The molecule has 0 aliphatic carbocycles. The van der Waals surface area contributed by atoms with Gasteiger partial charge in [0.05, 0.1) is 17.4 Å². The Bertz CT molecular complexity index is 770. The monoisotopic (exact) mass is 330 g/mol. The number of amides is 2. The highest BCUT2D eigenvalue weighted by molar-refractivity contribution is 6.29. The van der Waals surface area contributed by atoms with Gasteiger partial charge >= 0.3 is 6.03 Å². The molecule has 0 aromatic carbocycles. The molecule has 0 saturated carbocycles. The van der Waals surface area contributed by atoms with Crippen LogP contribution >= 0.6 is 11.6 Å². The highest BCUT2D eigenvalue weighted by Gasteiger charge is 2.48. The van der Waals surface area contributed by atoms with E-state index in [0.717, 1.165) is 25.2 Å². The van der Waals surface area contributed by atoms with Gasteiger partial charge in [-0.25, -0.2) is 14.8 Å². The number of fused-ring (bicyclic) bond motifs is 4. The zero-order chi connectivity index (χ0) is 16.0. The van der Waals surface area contributed by atoms with Gasteiger partial charge in [0.2, 0.25) is 0 Å². The molecule has 2 aromatic heterocycles. The number of nitrogens with zero attached hydrogens (tertiary/aromatic N) is 5. The van der Waals surface area contributed by atoms with Crippen molar-refractivity contribution in [3.05, 3.63) is 35.9 Å². The van der Waals surface area contributed by atoms with E-state index >= 15 is 0 Å². The molecule has 0 radical (unpaired) electrons. The maximum absolute atomic E-state index is 12.9. The minimum Gasteiger partial charge on any atom is -0.366 e. The summed E-state index contributed by atoms with van der Waals surface area (Å²) in [5.41, 5.74) is 0.607. The summed E-state index contributed by atoms with van der Waals surface area (Å²) in [6, 6.07) is 3.39. The molecule has 4 rings (SSSR count). The smallest absolute Gasteiger partial charge is 0.329 e. The summed E-state index contributed by atoms with van der Waals surface area (Å²) in [5.74, 6) is 0.996. The van der Waals surface area contributed by atoms with Gasteiger partial charge in [0, 0.05) is 25.5 Å². The van der Waals surface area contributed by atoms with Crippen molar-refractivity contribution in [3.63, 3.8) is 0 Å². The van der Waals surface area contributed by atoms with Crippen molar-refractivity contribution in [1.82, 2.24) is 15.0 Å². The number of nitrogens with one attached hydrogen (secondary N) is 1. The predicted molar refractivity (Wildman–Crippen MR) is 88.0 cm³/mol. The summed E-state index contributed by atoms with van der Waals surface area (Å²) in [4.78, 5) is 29.3. The Hall–Kier alpha value is -2.41. The SMILES string of the molecule is C[C@@]12CCN(C1)c1ccc(Cl)nc1N2C(=O)Nc1cnccn1. The van der Waals surface area contributed by atoms with Crippen LogP contribution in [-0.4, -0.2) is 39.6 Å². The molecule has 1 fully saturated rings. The Morgan fingerprint density at radius 3 is 3.04 bits per heavy atom. The van der Waals surface area contributed by atoms with Crippen molar-refractivity contribution >= 4 is 35.0 Å². The number of aromatic nitrogens is 3. The van der Waals surface area contributed by atoms with Crippen LogP contribution in [0, 0.1) is 0 Å². The minimum atomic E-state index is -0.322. The van der Waals surface area contributed by atoms with Gasteiger partial charge in [-0.1, -0.05) is 11.6 Å². The fourth-order valence-corrected chi connectivity index (χ4v) is 3.43. The molecular formula is C15H15ClN6O. The van der Waals surface area contributed by atoms with E-state index in [1.165, 1.54) is 12.4 Å². The Labute approximate surface area is 138 Å². The molecule has 118 valence electrons. The van der Waals surface area contributed by atoms with Crippen molar-refractivity contribution in [2.45, 2.75) is 18.9 Å². The molecule has 2 bridgehead atoms. The molecule has 2 aliphatic rings. The van der Waals surface area contributed by atoms with Crippen LogP contribution in [0.3, 0.4) is 0 Å². The second-order valence-corrected chi connectivity index (χ2v) is 6.39. The third kappa shape index (κ3) is 2.28. The van der Waals surface area contributed by atoms with Crippen LogP contribution < -0.4 is 15.1 Å². The Morgan fingerprint density at radius 2 is 2.26 bits per heavy atom. The number of anilines is 3. The van der Waals surface area contributed by atoms with Gasteiger partial charge in [-0.05, 0) is 25.5 Å². The van der Waals surface area contributed by atoms with E-state index in [0.29, 0.717) is 16.8 Å². The first-order valence-electron chi connectivity index (χ1n) is 7.36. The van der Waals surface area contributed by atoms with Gasteiger partial charge in [-0.2, -0.15) is 0 Å². The Balaban J connectivity index is 1.75. The van der Waals surface area contributed by atoms with Gasteiger partial charge in [-0.15, -0.1) is 0 Å². The molecule has 7 nitrogen and oxygen atoms in total. The Morgan fingerprint density at radius 1 is 1.39 bits per heavy atom. The number of hydrogen-bond acceptors (Lipinski definition) is 5. The number of carbonyl (C=O) groups is 1. The van der Waals surface area contributed by atoms with E-state index in [4.69, 9.17) is 11.6 Å². The van der Waals surface area contributed by atoms with Crippen LogP contribution in [0.1, 0.15) is 13.3 Å². The third-order valence-corrected chi connectivity index (χ3v) is 4.58. The first kappa shape index (κ1) is 14.2. The second-order valence-electron chi connectivity index (χ2n) is 6.00. The summed E-state index contributed by atoms with van der Waals surface area (Å²) in [7, 11) is 0. The van der Waals surface area contributed by atoms with Crippen LogP contribution in [0.25, 0.3) is 0 Å². The number of hydrogen-bond donors (Lipinski definition) is 1. The standard InChI is InChI=1S/C15H15ClN6O/c1-15-4-7-21(9-15)10-2-3-11(16)19-13(10)22(15)14(23)20-12-8-17-5-6-18-12/h2-3,5-6,8H,4,7,9H2,1H3,(H,18,20,23)/t15-/m1/s1. The summed E-state index contributed by atoms with van der Waals surface area (Å²) in [6.45, 7) is 3.73. The molecule has 1 N–H and O–H groups in total. The van der Waals surface area contributed by atoms with Crippen LogP contribution in [0.2, 0.25) is 5.15 Å². The molecule has 1 saturated heterocycles. The van der Waals surface area contributed by atoms with Gasteiger partial charge in [-0.3, -0.25) is 15.2 Å². The molecule has 23 heavy (non-hydrogen) atoms. The predicted octanol–water partition coefficient (Wildman–Crippen LogP) is 2.55. The normalized spacial score (nSPS) is 22.0. The zero-order valence-electron chi connectivity index (χ0n) is 12.5. The van der Waals surface area contributed by atoms with Gasteiger partial charge < -0.3 is 4.90 Å². The molecule has 2 amide bonds. The maximum atomic E-state index is 12.9. The van der Waals surface area contributed by atoms with E-state index < -0.39 is 0 Å². The van der Waals surface area contributed by atoms with Crippen molar-refractivity contribution < 1.29 is 4.79 Å². The average molecular weight is 331 g/mol. The number of rotatable bonds is 1. The summed E-state index contributed by atoms with van der Waals surface area (Å²) >= 11 is 6.06. The maximum Gasteiger partial charge on any atom is 0.329 e. The molecule has 1 atom stereocenters. The summed E-state index contributed by atoms with van der Waals surface area (Å²) < 4.78 is 0. The van der Waals surface area contributed by atoms with Crippen molar-refractivity contribution in [2.24, 2.45) is 0 Å². The van der Waals surface area contributed by atoms with E-state index in [2.05, 4.69) is 32.1 Å². The fourth-order valence-electron chi connectivity index (χ4n) is 3.29. The topological polar surface area (TPSA) is 74.2 Å². The zero-order valence-corrected chi connectivity index (χ0v) is 13.3. The third-order valence-electron chi connectivity index (χ3n) is 4.37. The van der Waals surface area contributed by atoms with E-state index in [-0.39, 0.29) is 11.6 Å². The van der Waals surface area contributed by atoms with Crippen molar-refractivity contribution in [1.29, 1.82) is 0 Å². The summed E-state index contributed by atoms with van der Waals surface area (Å²) in [5, 5.41) is 3.16. The molecule has 2 aliphatic heterocycles. The number of urea groups is 1. The second kappa shape index (κ2) is 5.06. The van der Waals surface area contributed by atoms with Gasteiger partial charge in [0.1, 0.15) is 5.15 Å². The lowest BCUT2D eigenvalue weighted by atomic mass is 9.97. The highest BCUT2D eigenvalue weighted by atomic mass is 35.5. The first-order chi connectivity index (χ1) is 11.1. The lowest BCUT2D eigenvalue weighted by molar-refractivity contribution is 0.250. The average Bonchev–Trinajstić information content (AvgIpc) is 2.86. The van der Waals surface area contributed by atoms with E-state index in [9.17, 15) is 4.79 Å². The minimum absolute atomic E-state index is 0.273.